The van der Waals surface area contributed by atoms with Crippen LogP contribution in [0.25, 0.3) is 0 Å². The normalized spacial score (nSPS) is 27.9. The number of aromatic hydroxyl groups is 1. The number of hydrogen-bond donors (Lipinski definition) is 3. The lowest BCUT2D eigenvalue weighted by Gasteiger charge is -2.61. The van der Waals surface area contributed by atoms with Gasteiger partial charge in [0.2, 0.25) is 12.2 Å². The molecule has 0 amide bonds. The molecule has 0 aromatic heterocycles. The zero-order valence-electron chi connectivity index (χ0n) is 23.5. The van der Waals surface area contributed by atoms with Gasteiger partial charge < -0.3 is 39.2 Å². The molecule has 12 nitrogen and oxygen atoms in total. The highest BCUT2D eigenvalue weighted by Gasteiger charge is 2.72. The Morgan fingerprint density at radius 2 is 1.84 bits per heavy atom. The molecule has 2 heterocycles. The van der Waals surface area contributed by atoms with Crippen molar-refractivity contribution >= 4 is 23.9 Å². The average molecular weight is 594 g/mol. The summed E-state index contributed by atoms with van der Waals surface area (Å²) in [4.78, 5) is 51.7. The first-order chi connectivity index (χ1) is 20.5. The highest BCUT2D eigenvalue weighted by atomic mass is 16.6. The Kier molecular flexibility index (Phi) is 6.93. The van der Waals surface area contributed by atoms with Crippen LogP contribution in [0.5, 0.6) is 11.5 Å². The molecule has 43 heavy (non-hydrogen) atoms. The zero-order chi connectivity index (χ0) is 30.7. The number of ether oxygens (including phenoxy) is 4. The minimum Gasteiger partial charge on any atom is -0.504 e. The fraction of sp³-hybridized carbons (Fsp3) is 0.419. The molecule has 1 spiro atoms. The van der Waals surface area contributed by atoms with Crippen LogP contribution >= 0.6 is 0 Å². The molecule has 4 aliphatic rings. The largest absolute Gasteiger partial charge is 0.504 e. The van der Waals surface area contributed by atoms with E-state index in [0.717, 1.165) is 18.1 Å². The van der Waals surface area contributed by atoms with E-state index >= 15 is 0 Å². The first-order valence-corrected chi connectivity index (χ1v) is 14.0. The number of phenols is 1. The Balaban J connectivity index is 1.34. The summed E-state index contributed by atoms with van der Waals surface area (Å²) in [5.41, 5.74) is -0.385. The Hall–Kier alpha value is -4.42. The fourth-order valence-corrected chi connectivity index (χ4v) is 7.21. The standard InChI is InChI=1S/C31H31NO11/c1-16(33)40-21(15-23(35)36)28(37)43-25(17-6-4-3-5-7-17)29(38)41-20-10-11-31(39)22-14-18-8-9-19(34)26-24(18)30(31,27(20)42-26)12-13-32(22)2/h3-10,21-22,25,27,34,39H,11-15H2,1-2H3,(H,35,36)/t21-,22-,25-,27-,30-,31+/m0/s1. The summed E-state index contributed by atoms with van der Waals surface area (Å²) >= 11 is 0. The molecule has 1 saturated heterocycles. The van der Waals surface area contributed by atoms with Crippen molar-refractivity contribution in [2.24, 2.45) is 0 Å². The number of aliphatic carboxylic acids is 1. The number of aliphatic hydroxyl groups is 1. The lowest BCUT2D eigenvalue weighted by Crippen LogP contribution is -2.74. The van der Waals surface area contributed by atoms with Crippen LogP contribution in [0.1, 0.15) is 49.0 Å². The predicted molar refractivity (Wildman–Crippen MR) is 146 cm³/mol. The van der Waals surface area contributed by atoms with Gasteiger partial charge in [-0.1, -0.05) is 36.4 Å². The number of hydrogen-bond acceptors (Lipinski definition) is 11. The van der Waals surface area contributed by atoms with E-state index < -0.39 is 59.6 Å². The van der Waals surface area contributed by atoms with Crippen molar-refractivity contribution in [3.05, 3.63) is 71.0 Å². The number of carbonyl (C=O) groups is 4. The number of phenolic OH excluding ortho intramolecular Hbond substituents is 1. The topological polar surface area (TPSA) is 169 Å². The van der Waals surface area contributed by atoms with Crippen LogP contribution in [0.15, 0.2) is 54.3 Å². The van der Waals surface area contributed by atoms with E-state index in [0.29, 0.717) is 19.4 Å². The number of likely N-dealkylation sites (N-methyl/N-ethyl adjacent to an activating group) is 1. The smallest absolute Gasteiger partial charge is 0.357 e. The van der Waals surface area contributed by atoms with Gasteiger partial charge in [-0.25, -0.2) is 9.59 Å². The van der Waals surface area contributed by atoms with E-state index in [-0.39, 0.29) is 35.3 Å². The van der Waals surface area contributed by atoms with Crippen LogP contribution in [0.3, 0.4) is 0 Å². The third-order valence-electron chi connectivity index (χ3n) is 9.05. The Bertz CT molecular complexity index is 1520. The minimum absolute atomic E-state index is 0.0843. The number of rotatable bonds is 8. The third kappa shape index (κ3) is 4.43. The molecular weight excluding hydrogens is 562 g/mol. The van der Waals surface area contributed by atoms with Crippen LogP contribution < -0.4 is 4.74 Å². The lowest BCUT2D eigenvalue weighted by molar-refractivity contribution is -0.183. The van der Waals surface area contributed by atoms with Gasteiger partial charge in [-0.2, -0.15) is 0 Å². The van der Waals surface area contributed by atoms with Crippen LogP contribution in [0.2, 0.25) is 0 Å². The quantitative estimate of drug-likeness (QED) is 0.301. The highest BCUT2D eigenvalue weighted by Crippen LogP contribution is 2.65. The number of esters is 3. The number of nitrogens with zero attached hydrogens (tertiary/aromatic N) is 1. The van der Waals surface area contributed by atoms with Gasteiger partial charge in [0, 0.05) is 30.5 Å². The summed E-state index contributed by atoms with van der Waals surface area (Å²) < 4.78 is 22.5. The Morgan fingerprint density at radius 3 is 2.53 bits per heavy atom. The minimum atomic E-state index is -1.79. The molecule has 6 rings (SSSR count). The van der Waals surface area contributed by atoms with Crippen molar-refractivity contribution < 1.29 is 53.4 Å². The van der Waals surface area contributed by atoms with Gasteiger partial charge in [-0.15, -0.1) is 0 Å². The molecule has 0 radical (unpaired) electrons. The monoisotopic (exact) mass is 593 g/mol. The lowest BCUT2D eigenvalue weighted by atomic mass is 9.50. The molecule has 2 aromatic rings. The van der Waals surface area contributed by atoms with Crippen LogP contribution in [-0.4, -0.2) is 81.5 Å². The first kappa shape index (κ1) is 28.7. The van der Waals surface area contributed by atoms with Gasteiger partial charge in [0.25, 0.3) is 0 Å². The maximum absolute atomic E-state index is 13.8. The summed E-state index contributed by atoms with van der Waals surface area (Å²) in [5, 5.41) is 32.2. The molecule has 3 N–H and O–H groups in total. The zero-order valence-corrected chi connectivity index (χ0v) is 23.5. The Morgan fingerprint density at radius 1 is 1.09 bits per heavy atom. The van der Waals surface area contributed by atoms with Gasteiger partial charge in [-0.3, -0.25) is 9.59 Å². The molecule has 0 unspecified atom stereocenters. The van der Waals surface area contributed by atoms with Gasteiger partial charge in [0.1, 0.15) is 5.76 Å². The second-order valence-corrected chi connectivity index (χ2v) is 11.4. The molecule has 2 aromatic carbocycles. The maximum Gasteiger partial charge on any atom is 0.357 e. The van der Waals surface area contributed by atoms with Crippen LogP contribution in [0, 0.1) is 0 Å². The molecule has 226 valence electrons. The first-order valence-electron chi connectivity index (χ1n) is 14.0. The van der Waals surface area contributed by atoms with Crippen molar-refractivity contribution in [3.8, 4) is 11.5 Å². The third-order valence-corrected chi connectivity index (χ3v) is 9.05. The van der Waals surface area contributed by atoms with Crippen molar-refractivity contribution in [2.75, 3.05) is 13.6 Å². The molecule has 0 saturated carbocycles. The van der Waals surface area contributed by atoms with Crippen LogP contribution in [-0.2, 0) is 45.2 Å². The number of carboxylic acid groups (broad SMARTS) is 1. The number of carboxylic acids is 1. The molecule has 2 aliphatic heterocycles. The van der Waals surface area contributed by atoms with Gasteiger partial charge in [0.15, 0.2) is 17.6 Å². The Labute approximate surface area is 246 Å². The van der Waals surface area contributed by atoms with Crippen molar-refractivity contribution in [2.45, 2.75) is 68.0 Å². The molecule has 2 bridgehead atoms. The van der Waals surface area contributed by atoms with Crippen molar-refractivity contribution in [1.29, 1.82) is 0 Å². The van der Waals surface area contributed by atoms with E-state index in [1.54, 1.807) is 30.3 Å². The number of piperidine rings is 1. The van der Waals surface area contributed by atoms with E-state index in [9.17, 15) is 34.5 Å². The fourth-order valence-electron chi connectivity index (χ4n) is 7.21. The van der Waals surface area contributed by atoms with E-state index in [2.05, 4.69) is 4.90 Å². The van der Waals surface area contributed by atoms with Crippen molar-refractivity contribution in [1.82, 2.24) is 4.90 Å². The highest BCUT2D eigenvalue weighted by molar-refractivity contribution is 5.87. The SMILES string of the molecule is CC(=O)O[C@@H](CC(=O)O)C(=O)O[C@H](C(=O)OC1=CC[C@@]2(O)[C@@H]3Cc4ccc(O)c5c4[C@@]2(CCN3C)[C@H]1O5)c1ccccc1. The van der Waals surface area contributed by atoms with Crippen LogP contribution in [0.4, 0.5) is 0 Å². The van der Waals surface area contributed by atoms with Gasteiger partial charge in [0.05, 0.1) is 17.4 Å². The summed E-state index contributed by atoms with van der Waals surface area (Å²) in [5.74, 6) is -4.29. The maximum atomic E-state index is 13.8. The van der Waals surface area contributed by atoms with E-state index in [1.807, 2.05) is 13.1 Å². The average Bonchev–Trinajstić information content (AvgIpc) is 3.32. The second-order valence-electron chi connectivity index (χ2n) is 11.4. The molecule has 2 aliphatic carbocycles. The summed E-state index contributed by atoms with van der Waals surface area (Å²) in [6.45, 7) is 1.65. The van der Waals surface area contributed by atoms with E-state index in [1.165, 1.54) is 12.1 Å². The van der Waals surface area contributed by atoms with Gasteiger partial charge >= 0.3 is 23.9 Å². The van der Waals surface area contributed by atoms with E-state index in [4.69, 9.17) is 18.9 Å². The number of benzene rings is 2. The molecule has 6 atom stereocenters. The summed E-state index contributed by atoms with van der Waals surface area (Å²) in [7, 11) is 1.96. The van der Waals surface area contributed by atoms with Gasteiger partial charge in [-0.05, 0) is 44.1 Å². The molecule has 1 fully saturated rings. The second kappa shape index (κ2) is 10.4. The number of carbonyl (C=O) groups excluding carboxylic acids is 3. The summed E-state index contributed by atoms with van der Waals surface area (Å²) in [6, 6.07) is 11.1. The molecular formula is C31H31NO11. The predicted octanol–water partition coefficient (Wildman–Crippen LogP) is 1.90. The molecule has 12 heteroatoms. The summed E-state index contributed by atoms with van der Waals surface area (Å²) in [6.07, 6.45) is -2.50. The van der Waals surface area contributed by atoms with Crippen molar-refractivity contribution in [3.63, 3.8) is 0 Å². The number of likely N-dealkylation sites (tertiary alicyclic amines) is 1.